The van der Waals surface area contributed by atoms with Crippen LogP contribution in [0.25, 0.3) is 0 Å². The molecule has 1 heterocycles. The third-order valence-corrected chi connectivity index (χ3v) is 2.34. The molecule has 0 aromatic carbocycles. The number of carbonyl (C=O) groups is 1. The molecular weight excluding hydrogens is 166 g/mol. The van der Waals surface area contributed by atoms with Crippen LogP contribution in [-0.4, -0.2) is 20.8 Å². The van der Waals surface area contributed by atoms with Gasteiger partial charge in [-0.1, -0.05) is 0 Å². The number of rotatable bonds is 1. The SMILES string of the molecule is CCn1nc2c(n1)C(=O)CCCC2. The van der Waals surface area contributed by atoms with Crippen molar-refractivity contribution in [3.63, 3.8) is 0 Å². The van der Waals surface area contributed by atoms with Gasteiger partial charge in [0.2, 0.25) is 0 Å². The molecule has 0 saturated carbocycles. The molecule has 0 atom stereocenters. The molecule has 0 unspecified atom stereocenters. The Hall–Kier alpha value is -1.19. The monoisotopic (exact) mass is 179 g/mol. The lowest BCUT2D eigenvalue weighted by molar-refractivity contribution is 0.0976. The van der Waals surface area contributed by atoms with Gasteiger partial charge in [-0.05, 0) is 26.2 Å². The Kier molecular flexibility index (Phi) is 2.12. The third-order valence-electron chi connectivity index (χ3n) is 2.34. The Bertz CT molecular complexity index is 330. The van der Waals surface area contributed by atoms with Crippen molar-refractivity contribution in [3.05, 3.63) is 11.4 Å². The van der Waals surface area contributed by atoms with E-state index >= 15 is 0 Å². The molecule has 0 radical (unpaired) electrons. The summed E-state index contributed by atoms with van der Waals surface area (Å²) in [5, 5.41) is 8.43. The largest absolute Gasteiger partial charge is 0.292 e. The summed E-state index contributed by atoms with van der Waals surface area (Å²) in [6, 6.07) is 0. The molecule has 0 saturated heterocycles. The molecular formula is C9H13N3O. The first-order chi connectivity index (χ1) is 6.31. The second kappa shape index (κ2) is 3.28. The number of Topliss-reactive ketones (excluding diaryl/α,β-unsaturated/α-hetero) is 1. The van der Waals surface area contributed by atoms with E-state index in [0.717, 1.165) is 31.5 Å². The summed E-state index contributed by atoms with van der Waals surface area (Å²) >= 11 is 0. The van der Waals surface area contributed by atoms with E-state index in [9.17, 15) is 4.79 Å². The van der Waals surface area contributed by atoms with Gasteiger partial charge in [0.25, 0.3) is 0 Å². The summed E-state index contributed by atoms with van der Waals surface area (Å²) in [4.78, 5) is 13.1. The number of fused-ring (bicyclic) bond motifs is 1. The predicted octanol–water partition coefficient (Wildman–Crippen LogP) is 1.21. The van der Waals surface area contributed by atoms with Gasteiger partial charge >= 0.3 is 0 Å². The van der Waals surface area contributed by atoms with Crippen LogP contribution in [0, 0.1) is 0 Å². The maximum absolute atomic E-state index is 11.5. The molecule has 4 nitrogen and oxygen atoms in total. The summed E-state index contributed by atoms with van der Waals surface area (Å²) in [5.74, 6) is 0.159. The minimum Gasteiger partial charge on any atom is -0.292 e. The van der Waals surface area contributed by atoms with Gasteiger partial charge in [0.1, 0.15) is 0 Å². The minimum atomic E-state index is 0.159. The Morgan fingerprint density at radius 1 is 1.31 bits per heavy atom. The lowest BCUT2D eigenvalue weighted by Gasteiger charge is -1.92. The number of carbonyl (C=O) groups excluding carboxylic acids is 1. The van der Waals surface area contributed by atoms with Crippen LogP contribution in [0.2, 0.25) is 0 Å². The average molecular weight is 179 g/mol. The van der Waals surface area contributed by atoms with E-state index < -0.39 is 0 Å². The van der Waals surface area contributed by atoms with Crippen molar-refractivity contribution in [1.82, 2.24) is 15.0 Å². The van der Waals surface area contributed by atoms with Crippen LogP contribution in [0.3, 0.4) is 0 Å². The molecule has 0 fully saturated rings. The van der Waals surface area contributed by atoms with E-state index in [4.69, 9.17) is 0 Å². The summed E-state index contributed by atoms with van der Waals surface area (Å²) < 4.78 is 0. The zero-order chi connectivity index (χ0) is 9.26. The Labute approximate surface area is 76.9 Å². The summed E-state index contributed by atoms with van der Waals surface area (Å²) in [6.07, 6.45) is 3.57. The molecule has 0 aliphatic heterocycles. The molecule has 0 amide bonds. The van der Waals surface area contributed by atoms with E-state index in [1.165, 1.54) is 0 Å². The van der Waals surface area contributed by atoms with Gasteiger partial charge in [-0.15, -0.1) is 5.10 Å². The van der Waals surface area contributed by atoms with Crippen LogP contribution >= 0.6 is 0 Å². The van der Waals surface area contributed by atoms with Crippen molar-refractivity contribution in [2.45, 2.75) is 39.2 Å². The third kappa shape index (κ3) is 1.48. The van der Waals surface area contributed by atoms with Crippen molar-refractivity contribution in [1.29, 1.82) is 0 Å². The first kappa shape index (κ1) is 8.41. The predicted molar refractivity (Wildman–Crippen MR) is 47.6 cm³/mol. The molecule has 2 rings (SSSR count). The highest BCUT2D eigenvalue weighted by Crippen LogP contribution is 2.16. The van der Waals surface area contributed by atoms with Gasteiger partial charge in [0.15, 0.2) is 11.5 Å². The van der Waals surface area contributed by atoms with Crippen molar-refractivity contribution < 1.29 is 4.79 Å². The van der Waals surface area contributed by atoms with Crippen molar-refractivity contribution in [2.75, 3.05) is 0 Å². The fourth-order valence-corrected chi connectivity index (χ4v) is 1.61. The normalized spacial score (nSPS) is 16.8. The van der Waals surface area contributed by atoms with E-state index in [0.29, 0.717) is 12.1 Å². The number of nitrogens with zero attached hydrogens (tertiary/aromatic N) is 3. The standard InChI is InChI=1S/C9H13N3O/c1-2-12-10-7-5-3-4-6-8(13)9(7)11-12/h2-6H2,1H3. The second-order valence-electron chi connectivity index (χ2n) is 3.31. The second-order valence-corrected chi connectivity index (χ2v) is 3.31. The van der Waals surface area contributed by atoms with Crippen LogP contribution in [-0.2, 0) is 13.0 Å². The maximum atomic E-state index is 11.5. The molecule has 4 heteroatoms. The smallest absolute Gasteiger partial charge is 0.185 e. The van der Waals surface area contributed by atoms with E-state index in [1.54, 1.807) is 4.80 Å². The lowest BCUT2D eigenvalue weighted by Crippen LogP contribution is -2.02. The van der Waals surface area contributed by atoms with Gasteiger partial charge in [-0.2, -0.15) is 9.90 Å². The number of hydrogen-bond acceptors (Lipinski definition) is 3. The van der Waals surface area contributed by atoms with Crippen LogP contribution in [0.1, 0.15) is 42.4 Å². The van der Waals surface area contributed by atoms with Gasteiger partial charge in [-0.3, -0.25) is 4.79 Å². The molecule has 1 aromatic heterocycles. The molecule has 1 aromatic rings. The molecule has 1 aliphatic carbocycles. The van der Waals surface area contributed by atoms with Crippen molar-refractivity contribution >= 4 is 5.78 Å². The van der Waals surface area contributed by atoms with E-state index in [1.807, 2.05) is 6.92 Å². The molecule has 0 bridgehead atoms. The Balaban J connectivity index is 2.39. The quantitative estimate of drug-likeness (QED) is 0.609. The highest BCUT2D eigenvalue weighted by atomic mass is 16.1. The van der Waals surface area contributed by atoms with Gasteiger partial charge < -0.3 is 0 Å². The fourth-order valence-electron chi connectivity index (χ4n) is 1.61. The van der Waals surface area contributed by atoms with E-state index in [2.05, 4.69) is 10.2 Å². The first-order valence-corrected chi connectivity index (χ1v) is 4.78. The fraction of sp³-hybridized carbons (Fsp3) is 0.667. The van der Waals surface area contributed by atoms with Crippen LogP contribution in [0.4, 0.5) is 0 Å². The van der Waals surface area contributed by atoms with Gasteiger partial charge in [-0.25, -0.2) is 0 Å². The first-order valence-electron chi connectivity index (χ1n) is 4.78. The molecule has 1 aliphatic rings. The Morgan fingerprint density at radius 2 is 2.08 bits per heavy atom. The highest BCUT2D eigenvalue weighted by molar-refractivity contribution is 5.95. The summed E-state index contributed by atoms with van der Waals surface area (Å²) in [7, 11) is 0. The molecule has 13 heavy (non-hydrogen) atoms. The highest BCUT2D eigenvalue weighted by Gasteiger charge is 2.20. The van der Waals surface area contributed by atoms with Crippen LogP contribution in [0.15, 0.2) is 0 Å². The lowest BCUT2D eigenvalue weighted by atomic mass is 10.2. The summed E-state index contributed by atoms with van der Waals surface area (Å²) in [5.41, 5.74) is 1.50. The minimum absolute atomic E-state index is 0.159. The van der Waals surface area contributed by atoms with Gasteiger partial charge in [0.05, 0.1) is 12.2 Å². The number of aromatic nitrogens is 3. The van der Waals surface area contributed by atoms with Crippen molar-refractivity contribution in [3.8, 4) is 0 Å². The zero-order valence-electron chi connectivity index (χ0n) is 7.79. The average Bonchev–Trinajstić information content (AvgIpc) is 2.48. The van der Waals surface area contributed by atoms with Crippen LogP contribution in [0.5, 0.6) is 0 Å². The maximum Gasteiger partial charge on any atom is 0.185 e. The molecule has 0 N–H and O–H groups in total. The number of aryl methyl sites for hydroxylation is 2. The zero-order valence-corrected chi connectivity index (χ0v) is 7.79. The van der Waals surface area contributed by atoms with Gasteiger partial charge in [0, 0.05) is 6.42 Å². The van der Waals surface area contributed by atoms with Crippen molar-refractivity contribution in [2.24, 2.45) is 0 Å². The van der Waals surface area contributed by atoms with E-state index in [-0.39, 0.29) is 5.78 Å². The summed E-state index contributed by atoms with van der Waals surface area (Å²) in [6.45, 7) is 2.71. The van der Waals surface area contributed by atoms with Crippen LogP contribution < -0.4 is 0 Å². The topological polar surface area (TPSA) is 47.8 Å². The molecule has 70 valence electrons. The number of hydrogen-bond donors (Lipinski definition) is 0. The Morgan fingerprint density at radius 3 is 2.85 bits per heavy atom. The number of ketones is 1. The molecule has 0 spiro atoms.